The maximum absolute atomic E-state index is 14.8. The van der Waals surface area contributed by atoms with E-state index >= 15 is 0 Å². The molecule has 1 saturated carbocycles. The number of amides is 1. The van der Waals surface area contributed by atoms with Crippen LogP contribution >= 0.6 is 0 Å². The molecule has 2 fully saturated rings. The summed E-state index contributed by atoms with van der Waals surface area (Å²) in [5.41, 5.74) is 7.15. The lowest BCUT2D eigenvalue weighted by molar-refractivity contribution is -0.119. The SMILES string of the molecule is O=C(Nc1cncc(-c2ccc3[nH]nc(-c4cc5c(-c6cc(F)cc(OCCN7CCCC7)c6)ccnc5[nH]4)c3n2)c1)C1CCCC1. The first-order valence-electron chi connectivity index (χ1n) is 16.3. The second kappa shape index (κ2) is 12.6. The molecule has 1 aromatic carbocycles. The molecular weight excluding hydrogens is 595 g/mol. The highest BCUT2D eigenvalue weighted by Gasteiger charge is 2.23. The second-order valence-corrected chi connectivity index (χ2v) is 12.5. The number of carbonyl (C=O) groups excluding carboxylic acids is 1. The van der Waals surface area contributed by atoms with E-state index in [4.69, 9.17) is 9.72 Å². The third-order valence-corrected chi connectivity index (χ3v) is 9.28. The summed E-state index contributed by atoms with van der Waals surface area (Å²) in [4.78, 5) is 32.4. The van der Waals surface area contributed by atoms with Gasteiger partial charge < -0.3 is 15.0 Å². The first-order valence-corrected chi connectivity index (χ1v) is 16.3. The van der Waals surface area contributed by atoms with Crippen LogP contribution < -0.4 is 10.1 Å². The predicted octanol–water partition coefficient (Wildman–Crippen LogP) is 6.97. The summed E-state index contributed by atoms with van der Waals surface area (Å²) >= 11 is 0. The molecule has 238 valence electrons. The van der Waals surface area contributed by atoms with Crippen LogP contribution in [0.5, 0.6) is 5.75 Å². The van der Waals surface area contributed by atoms with Gasteiger partial charge in [0.2, 0.25) is 5.91 Å². The molecule has 5 aromatic heterocycles. The number of fused-ring (bicyclic) bond motifs is 2. The molecular formula is C36H35FN8O2. The molecule has 10 nitrogen and oxygen atoms in total. The lowest BCUT2D eigenvalue weighted by Crippen LogP contribution is -2.25. The highest BCUT2D eigenvalue weighted by Crippen LogP contribution is 2.35. The van der Waals surface area contributed by atoms with Gasteiger partial charge in [0.05, 0.1) is 28.8 Å². The monoisotopic (exact) mass is 630 g/mol. The van der Waals surface area contributed by atoms with Crippen molar-refractivity contribution in [2.45, 2.75) is 38.5 Å². The zero-order chi connectivity index (χ0) is 31.7. The van der Waals surface area contributed by atoms with Gasteiger partial charge in [0.25, 0.3) is 0 Å². The Balaban J connectivity index is 1.08. The topological polar surface area (TPSA) is 125 Å². The molecule has 0 spiro atoms. The van der Waals surface area contributed by atoms with Crippen LogP contribution in [0, 0.1) is 11.7 Å². The largest absolute Gasteiger partial charge is 0.492 e. The molecule has 2 aliphatic rings. The number of H-pyrrole nitrogens is 2. The fourth-order valence-corrected chi connectivity index (χ4v) is 6.83. The van der Waals surface area contributed by atoms with Crippen molar-refractivity contribution in [1.29, 1.82) is 0 Å². The minimum absolute atomic E-state index is 0.0493. The van der Waals surface area contributed by atoms with E-state index in [1.165, 1.54) is 25.0 Å². The van der Waals surface area contributed by atoms with E-state index in [2.05, 4.69) is 35.4 Å². The Bertz CT molecular complexity index is 2080. The van der Waals surface area contributed by atoms with Gasteiger partial charge in [0.15, 0.2) is 0 Å². The van der Waals surface area contributed by atoms with Crippen LogP contribution in [0.1, 0.15) is 38.5 Å². The number of halogens is 1. The van der Waals surface area contributed by atoms with E-state index in [1.54, 1.807) is 18.6 Å². The van der Waals surface area contributed by atoms with Crippen LogP contribution in [-0.4, -0.2) is 67.2 Å². The van der Waals surface area contributed by atoms with Crippen LogP contribution in [0.3, 0.4) is 0 Å². The highest BCUT2D eigenvalue weighted by atomic mass is 19.1. The van der Waals surface area contributed by atoms with Gasteiger partial charge in [-0.05, 0) is 92.4 Å². The summed E-state index contributed by atoms with van der Waals surface area (Å²) in [5.74, 6) is 0.264. The number of nitrogens with one attached hydrogen (secondary N) is 3. The van der Waals surface area contributed by atoms with Gasteiger partial charge in [-0.15, -0.1) is 0 Å². The molecule has 8 rings (SSSR count). The normalized spacial score (nSPS) is 15.6. The number of likely N-dealkylation sites (tertiary alicyclic amines) is 1. The fraction of sp³-hybridized carbons (Fsp3) is 0.306. The number of pyridine rings is 3. The summed E-state index contributed by atoms with van der Waals surface area (Å²) in [6.07, 6.45) is 11.6. The van der Waals surface area contributed by atoms with Crippen molar-refractivity contribution < 1.29 is 13.9 Å². The molecule has 47 heavy (non-hydrogen) atoms. The van der Waals surface area contributed by atoms with E-state index in [-0.39, 0.29) is 17.6 Å². The number of nitrogens with zero attached hydrogens (tertiary/aromatic N) is 5. The van der Waals surface area contributed by atoms with Crippen LogP contribution in [0.25, 0.3) is 55.8 Å². The third kappa shape index (κ3) is 6.06. The molecule has 6 heterocycles. The van der Waals surface area contributed by atoms with Crippen molar-refractivity contribution in [1.82, 2.24) is 35.0 Å². The first kappa shape index (κ1) is 29.3. The van der Waals surface area contributed by atoms with Crippen LogP contribution in [0.2, 0.25) is 0 Å². The molecule has 0 unspecified atom stereocenters. The van der Waals surface area contributed by atoms with E-state index in [0.717, 1.165) is 73.0 Å². The fourth-order valence-electron chi connectivity index (χ4n) is 6.83. The average molecular weight is 631 g/mol. The maximum atomic E-state index is 14.8. The summed E-state index contributed by atoms with van der Waals surface area (Å²) in [6, 6.07) is 14.4. The number of ether oxygens (including phenoxy) is 1. The maximum Gasteiger partial charge on any atom is 0.227 e. The summed E-state index contributed by atoms with van der Waals surface area (Å²) in [7, 11) is 0. The molecule has 1 aliphatic heterocycles. The zero-order valence-electron chi connectivity index (χ0n) is 25.9. The average Bonchev–Trinajstić information content (AvgIpc) is 3.91. The van der Waals surface area contributed by atoms with Crippen molar-refractivity contribution in [3.63, 3.8) is 0 Å². The minimum Gasteiger partial charge on any atom is -0.492 e. The van der Waals surface area contributed by atoms with Crippen LogP contribution in [0.4, 0.5) is 10.1 Å². The number of rotatable bonds is 9. The number of anilines is 1. The summed E-state index contributed by atoms with van der Waals surface area (Å²) in [5, 5.41) is 11.5. The Kier molecular flexibility index (Phi) is 7.82. The molecule has 0 atom stereocenters. The quantitative estimate of drug-likeness (QED) is 0.158. The molecule has 1 aliphatic carbocycles. The van der Waals surface area contributed by atoms with Gasteiger partial charge in [-0.25, -0.2) is 14.4 Å². The lowest BCUT2D eigenvalue weighted by Gasteiger charge is -2.15. The molecule has 0 bridgehead atoms. The first-order chi connectivity index (χ1) is 23.1. The molecule has 6 aromatic rings. The molecule has 0 radical (unpaired) electrons. The van der Waals surface area contributed by atoms with Crippen LogP contribution in [-0.2, 0) is 4.79 Å². The van der Waals surface area contributed by atoms with Gasteiger partial charge in [-0.1, -0.05) is 12.8 Å². The molecule has 1 amide bonds. The Morgan fingerprint density at radius 1 is 1.00 bits per heavy atom. The number of aromatic amines is 2. The Hall–Kier alpha value is -5.16. The lowest BCUT2D eigenvalue weighted by atomic mass is 10.0. The van der Waals surface area contributed by atoms with Crippen molar-refractivity contribution >= 4 is 33.7 Å². The van der Waals surface area contributed by atoms with E-state index in [0.29, 0.717) is 46.2 Å². The van der Waals surface area contributed by atoms with Crippen molar-refractivity contribution in [3.8, 4) is 39.5 Å². The molecule has 11 heteroatoms. The van der Waals surface area contributed by atoms with Crippen molar-refractivity contribution in [2.24, 2.45) is 5.92 Å². The molecule has 1 saturated heterocycles. The van der Waals surface area contributed by atoms with Gasteiger partial charge in [-0.3, -0.25) is 19.8 Å². The van der Waals surface area contributed by atoms with E-state index < -0.39 is 0 Å². The number of carbonyl (C=O) groups is 1. The standard InChI is InChI=1S/C36H35FN8O2/c37-25-15-23(17-27(18-25)47-14-13-45-11-3-4-12-45)28-9-10-39-35-29(28)19-32(42-35)34-33-31(43-44-34)8-7-30(41-33)24-16-26(21-38-20-24)40-36(46)22-5-1-2-6-22/h7-10,15-22H,1-6,11-14H2,(H,39,42)(H,40,46)(H,43,44). The van der Waals surface area contributed by atoms with Gasteiger partial charge >= 0.3 is 0 Å². The van der Waals surface area contributed by atoms with Gasteiger partial charge in [0, 0.05) is 41.9 Å². The van der Waals surface area contributed by atoms with Crippen molar-refractivity contribution in [3.05, 3.63) is 72.9 Å². The second-order valence-electron chi connectivity index (χ2n) is 12.5. The Morgan fingerprint density at radius 3 is 2.74 bits per heavy atom. The third-order valence-electron chi connectivity index (χ3n) is 9.28. The van der Waals surface area contributed by atoms with Gasteiger partial charge in [0.1, 0.15) is 35.0 Å². The van der Waals surface area contributed by atoms with E-state index in [1.807, 2.05) is 36.4 Å². The molecule has 3 N–H and O–H groups in total. The minimum atomic E-state index is -0.355. The van der Waals surface area contributed by atoms with Gasteiger partial charge in [-0.2, -0.15) is 5.10 Å². The predicted molar refractivity (Wildman–Crippen MR) is 179 cm³/mol. The highest BCUT2D eigenvalue weighted by molar-refractivity contribution is 5.99. The number of hydrogen-bond acceptors (Lipinski definition) is 7. The van der Waals surface area contributed by atoms with Crippen molar-refractivity contribution in [2.75, 3.05) is 31.6 Å². The number of hydrogen-bond donors (Lipinski definition) is 3. The van der Waals surface area contributed by atoms with E-state index in [9.17, 15) is 9.18 Å². The Morgan fingerprint density at radius 2 is 1.87 bits per heavy atom. The summed E-state index contributed by atoms with van der Waals surface area (Å²) < 4.78 is 20.8. The smallest absolute Gasteiger partial charge is 0.227 e. The Labute approximate surface area is 270 Å². The summed E-state index contributed by atoms with van der Waals surface area (Å²) in [6.45, 7) is 3.53. The zero-order valence-corrected chi connectivity index (χ0v) is 25.9. The number of aromatic nitrogens is 6. The number of benzene rings is 1. The van der Waals surface area contributed by atoms with Crippen LogP contribution in [0.15, 0.2) is 67.1 Å².